The molecule has 3 aliphatic rings. The van der Waals surface area contributed by atoms with Crippen LogP contribution in [0.2, 0.25) is 0 Å². The first-order chi connectivity index (χ1) is 14.3. The first kappa shape index (κ1) is 19.0. The zero-order chi connectivity index (χ0) is 19.6. The molecule has 0 radical (unpaired) electrons. The molecule has 0 amide bonds. The van der Waals surface area contributed by atoms with Crippen LogP contribution in [0.1, 0.15) is 24.8 Å². The van der Waals surface area contributed by atoms with Crippen LogP contribution in [0.5, 0.6) is 0 Å². The topological polar surface area (TPSA) is 30.5 Å². The lowest BCUT2D eigenvalue weighted by Crippen LogP contribution is -2.53. The van der Waals surface area contributed by atoms with Crippen molar-refractivity contribution in [3.8, 4) is 0 Å². The smallest absolute Gasteiger partial charge is 0.146 e. The Kier molecular flexibility index (Phi) is 5.53. The number of hydrazine groups is 1. The average Bonchev–Trinajstić information content (AvgIpc) is 3.17. The molecule has 3 heterocycles. The summed E-state index contributed by atoms with van der Waals surface area (Å²) in [6.45, 7) is 4.21. The van der Waals surface area contributed by atoms with Crippen LogP contribution in [0, 0.1) is 11.7 Å². The SMILES string of the molecule is Fc1ccccc1N1CCC(N2CCC3NNC(Cc4ccccc4)C3C2)CC1. The fraction of sp³-hybridized carbons (Fsp3) is 0.500. The van der Waals surface area contributed by atoms with Gasteiger partial charge in [-0.2, -0.15) is 0 Å². The number of hydrogen-bond acceptors (Lipinski definition) is 4. The van der Waals surface area contributed by atoms with Gasteiger partial charge >= 0.3 is 0 Å². The minimum Gasteiger partial charge on any atom is -0.369 e. The first-order valence-electron chi connectivity index (χ1n) is 11.1. The Morgan fingerprint density at radius 3 is 2.41 bits per heavy atom. The summed E-state index contributed by atoms with van der Waals surface area (Å²) in [4.78, 5) is 4.93. The van der Waals surface area contributed by atoms with E-state index in [0.717, 1.165) is 51.1 Å². The van der Waals surface area contributed by atoms with Crippen LogP contribution in [0.15, 0.2) is 54.6 Å². The van der Waals surface area contributed by atoms with Gasteiger partial charge in [0.2, 0.25) is 0 Å². The Hall–Kier alpha value is -1.95. The molecular formula is C24H31FN4. The number of nitrogens with zero attached hydrogens (tertiary/aromatic N) is 2. The predicted octanol–water partition coefficient (Wildman–Crippen LogP) is 3.20. The second kappa shape index (κ2) is 8.42. The quantitative estimate of drug-likeness (QED) is 0.834. The van der Waals surface area contributed by atoms with Crippen LogP contribution in [0.25, 0.3) is 0 Å². The molecule has 0 bridgehead atoms. The maximum atomic E-state index is 14.1. The minimum absolute atomic E-state index is 0.0985. The van der Waals surface area contributed by atoms with Gasteiger partial charge in [0.1, 0.15) is 5.82 Å². The second-order valence-electron chi connectivity index (χ2n) is 8.81. The normalized spacial score (nSPS) is 28.4. The highest BCUT2D eigenvalue weighted by molar-refractivity contribution is 5.47. The Morgan fingerprint density at radius 2 is 1.62 bits per heavy atom. The summed E-state index contributed by atoms with van der Waals surface area (Å²) < 4.78 is 14.1. The third-order valence-corrected chi connectivity index (χ3v) is 7.13. The van der Waals surface area contributed by atoms with Gasteiger partial charge in [0, 0.05) is 43.7 Å². The summed E-state index contributed by atoms with van der Waals surface area (Å²) in [5, 5.41) is 0. The van der Waals surface area contributed by atoms with Crippen molar-refractivity contribution in [2.45, 2.75) is 43.8 Å². The Morgan fingerprint density at radius 1 is 0.862 bits per heavy atom. The lowest BCUT2D eigenvalue weighted by Gasteiger charge is -2.44. The highest BCUT2D eigenvalue weighted by Gasteiger charge is 2.41. The number of likely N-dealkylation sites (tertiary alicyclic amines) is 1. The molecule has 5 heteroatoms. The maximum absolute atomic E-state index is 14.1. The van der Waals surface area contributed by atoms with Gasteiger partial charge in [-0.25, -0.2) is 4.39 Å². The number of benzene rings is 2. The van der Waals surface area contributed by atoms with Gasteiger partial charge in [-0.15, -0.1) is 0 Å². The van der Waals surface area contributed by atoms with E-state index >= 15 is 0 Å². The first-order valence-corrected chi connectivity index (χ1v) is 11.1. The van der Waals surface area contributed by atoms with E-state index in [9.17, 15) is 4.39 Å². The van der Waals surface area contributed by atoms with Crippen molar-refractivity contribution < 1.29 is 4.39 Å². The van der Waals surface area contributed by atoms with Gasteiger partial charge in [0.05, 0.1) is 5.69 Å². The van der Waals surface area contributed by atoms with Gasteiger partial charge in [0.15, 0.2) is 0 Å². The number of anilines is 1. The molecule has 5 rings (SSSR count). The van der Waals surface area contributed by atoms with Gasteiger partial charge in [0.25, 0.3) is 0 Å². The van der Waals surface area contributed by atoms with E-state index in [-0.39, 0.29) is 5.82 Å². The van der Waals surface area contributed by atoms with Crippen LogP contribution < -0.4 is 15.8 Å². The molecular weight excluding hydrogens is 363 g/mol. The van der Waals surface area contributed by atoms with E-state index in [0.29, 0.717) is 24.0 Å². The zero-order valence-corrected chi connectivity index (χ0v) is 16.9. The van der Waals surface area contributed by atoms with Crippen LogP contribution in [0.3, 0.4) is 0 Å². The van der Waals surface area contributed by atoms with Crippen LogP contribution >= 0.6 is 0 Å². The van der Waals surface area contributed by atoms with Crippen LogP contribution in [-0.2, 0) is 6.42 Å². The number of halogens is 1. The predicted molar refractivity (Wildman–Crippen MR) is 115 cm³/mol. The minimum atomic E-state index is -0.0985. The molecule has 154 valence electrons. The van der Waals surface area contributed by atoms with E-state index in [2.05, 4.69) is 51.0 Å². The number of hydrogen-bond donors (Lipinski definition) is 2. The molecule has 0 aliphatic carbocycles. The lowest BCUT2D eigenvalue weighted by atomic mass is 9.84. The van der Waals surface area contributed by atoms with Crippen LogP contribution in [-0.4, -0.2) is 49.2 Å². The molecule has 2 aromatic rings. The standard InChI is InChI=1S/C24H31FN4/c25-21-8-4-5-9-24(21)28-13-10-19(11-14-28)29-15-12-22-20(17-29)23(27-26-22)16-18-6-2-1-3-7-18/h1-9,19-20,22-23,26-27H,10-17H2. The Bertz CT molecular complexity index is 806. The van der Waals surface area contributed by atoms with Crippen molar-refractivity contribution in [2.75, 3.05) is 31.1 Å². The summed E-state index contributed by atoms with van der Waals surface area (Å²) in [5.74, 6) is 0.548. The van der Waals surface area contributed by atoms with E-state index in [1.165, 1.54) is 12.0 Å². The van der Waals surface area contributed by atoms with Crippen molar-refractivity contribution in [1.29, 1.82) is 0 Å². The largest absolute Gasteiger partial charge is 0.369 e. The van der Waals surface area contributed by atoms with E-state index in [1.54, 1.807) is 12.1 Å². The highest BCUT2D eigenvalue weighted by Crippen LogP contribution is 2.31. The molecule has 0 saturated carbocycles. The van der Waals surface area contributed by atoms with Gasteiger partial charge in [-0.3, -0.25) is 15.8 Å². The van der Waals surface area contributed by atoms with Crippen molar-refractivity contribution in [2.24, 2.45) is 5.92 Å². The fourth-order valence-corrected chi connectivity index (χ4v) is 5.50. The summed E-state index contributed by atoms with van der Waals surface area (Å²) in [7, 11) is 0. The molecule has 3 saturated heterocycles. The fourth-order valence-electron chi connectivity index (χ4n) is 5.50. The average molecular weight is 395 g/mol. The van der Waals surface area contributed by atoms with Crippen LogP contribution in [0.4, 0.5) is 10.1 Å². The molecule has 3 aliphatic heterocycles. The maximum Gasteiger partial charge on any atom is 0.146 e. The van der Waals surface area contributed by atoms with Crippen molar-refractivity contribution in [3.63, 3.8) is 0 Å². The van der Waals surface area contributed by atoms with Crippen molar-refractivity contribution in [3.05, 3.63) is 66.0 Å². The Labute approximate surface area is 173 Å². The van der Waals surface area contributed by atoms with Crippen molar-refractivity contribution >= 4 is 5.69 Å². The molecule has 2 N–H and O–H groups in total. The number of piperidine rings is 2. The van der Waals surface area contributed by atoms with E-state index < -0.39 is 0 Å². The second-order valence-corrected chi connectivity index (χ2v) is 8.81. The van der Waals surface area contributed by atoms with Gasteiger partial charge < -0.3 is 4.90 Å². The van der Waals surface area contributed by atoms with Gasteiger partial charge in [-0.05, 0) is 49.9 Å². The molecule has 29 heavy (non-hydrogen) atoms. The third kappa shape index (κ3) is 4.04. The number of fused-ring (bicyclic) bond motifs is 1. The molecule has 3 atom stereocenters. The monoisotopic (exact) mass is 394 g/mol. The summed E-state index contributed by atoms with van der Waals surface area (Å²) in [6, 6.07) is 19.7. The highest BCUT2D eigenvalue weighted by atomic mass is 19.1. The molecule has 0 aromatic heterocycles. The summed E-state index contributed by atoms with van der Waals surface area (Å²) in [5.41, 5.74) is 9.31. The van der Waals surface area contributed by atoms with Crippen molar-refractivity contribution in [1.82, 2.24) is 15.8 Å². The molecule has 2 aromatic carbocycles. The zero-order valence-electron chi connectivity index (χ0n) is 16.9. The molecule has 4 nitrogen and oxygen atoms in total. The number of rotatable bonds is 4. The Balaban J connectivity index is 1.19. The molecule has 3 fully saturated rings. The molecule has 3 unspecified atom stereocenters. The third-order valence-electron chi connectivity index (χ3n) is 7.13. The van der Waals surface area contributed by atoms with E-state index in [1.807, 2.05) is 12.1 Å². The van der Waals surface area contributed by atoms with Gasteiger partial charge in [-0.1, -0.05) is 42.5 Å². The summed E-state index contributed by atoms with van der Waals surface area (Å²) in [6.07, 6.45) is 4.52. The number of nitrogens with one attached hydrogen (secondary N) is 2. The summed E-state index contributed by atoms with van der Waals surface area (Å²) >= 11 is 0. The number of para-hydroxylation sites is 1. The lowest BCUT2D eigenvalue weighted by molar-refractivity contribution is 0.0943. The molecule has 0 spiro atoms. The van der Waals surface area contributed by atoms with E-state index in [4.69, 9.17) is 0 Å².